The summed E-state index contributed by atoms with van der Waals surface area (Å²) in [5.41, 5.74) is 4.32. The first-order valence-electron chi connectivity index (χ1n) is 6.49. The molecular weight excluding hydrogens is 276 g/mol. The van der Waals surface area contributed by atoms with E-state index in [1.807, 2.05) is 0 Å². The number of hydrazine groups is 1. The van der Waals surface area contributed by atoms with Crippen LogP contribution in [0.4, 0.5) is 0 Å². The van der Waals surface area contributed by atoms with Gasteiger partial charge >= 0.3 is 0 Å². The molecule has 0 heterocycles. The van der Waals surface area contributed by atoms with E-state index < -0.39 is 0 Å². The van der Waals surface area contributed by atoms with Gasteiger partial charge in [0.2, 0.25) is 0 Å². The number of benzene rings is 1. The second-order valence-electron chi connectivity index (χ2n) is 5.05. The van der Waals surface area contributed by atoms with Crippen molar-refractivity contribution in [3.05, 3.63) is 34.3 Å². The smallest absolute Gasteiger partial charge is 0.0253 e. The van der Waals surface area contributed by atoms with E-state index in [1.165, 1.54) is 42.1 Å². The summed E-state index contributed by atoms with van der Waals surface area (Å²) < 4.78 is 1.19. The molecule has 0 aliphatic heterocycles. The van der Waals surface area contributed by atoms with Crippen LogP contribution in [0.25, 0.3) is 0 Å². The molecule has 0 aromatic heterocycles. The van der Waals surface area contributed by atoms with E-state index in [2.05, 4.69) is 45.6 Å². The highest BCUT2D eigenvalue weighted by molar-refractivity contribution is 9.10. The van der Waals surface area contributed by atoms with Gasteiger partial charge < -0.3 is 0 Å². The maximum Gasteiger partial charge on any atom is 0.0253 e. The Balaban J connectivity index is 1.92. The van der Waals surface area contributed by atoms with E-state index in [0.29, 0.717) is 6.04 Å². The third kappa shape index (κ3) is 3.80. The van der Waals surface area contributed by atoms with E-state index in [-0.39, 0.29) is 0 Å². The molecule has 1 aliphatic carbocycles. The Morgan fingerprint density at radius 1 is 1.29 bits per heavy atom. The molecule has 94 valence electrons. The first kappa shape index (κ1) is 13.1. The average Bonchev–Trinajstić information content (AvgIpc) is 2.84. The molecular formula is C14H21BrN2. The molecule has 1 atom stereocenters. The minimum absolute atomic E-state index is 0.400. The Labute approximate surface area is 112 Å². The first-order chi connectivity index (χ1) is 8.29. The molecule has 2 rings (SSSR count). The minimum atomic E-state index is 0.400. The molecule has 1 fully saturated rings. The zero-order chi connectivity index (χ0) is 12.1. The van der Waals surface area contributed by atoms with Crippen molar-refractivity contribution in [1.82, 2.24) is 5.43 Å². The Morgan fingerprint density at radius 2 is 2.00 bits per heavy atom. The van der Waals surface area contributed by atoms with E-state index in [0.717, 1.165) is 12.3 Å². The zero-order valence-corrected chi connectivity index (χ0v) is 11.7. The predicted octanol–water partition coefficient (Wildman–Crippen LogP) is 3.40. The van der Waals surface area contributed by atoms with Crippen molar-refractivity contribution in [3.63, 3.8) is 0 Å². The molecule has 1 aromatic carbocycles. The summed E-state index contributed by atoms with van der Waals surface area (Å²) in [7, 11) is 0. The van der Waals surface area contributed by atoms with Crippen molar-refractivity contribution in [2.45, 2.75) is 44.6 Å². The normalized spacial score (nSPS) is 18.5. The van der Waals surface area contributed by atoms with Crippen LogP contribution in [0.15, 0.2) is 28.7 Å². The Morgan fingerprint density at radius 3 is 2.65 bits per heavy atom. The summed E-state index contributed by atoms with van der Waals surface area (Å²) in [4.78, 5) is 0. The van der Waals surface area contributed by atoms with Crippen LogP contribution < -0.4 is 11.3 Å². The van der Waals surface area contributed by atoms with Gasteiger partial charge in [0.05, 0.1) is 0 Å². The molecule has 0 amide bonds. The summed E-state index contributed by atoms with van der Waals surface area (Å²) >= 11 is 3.60. The predicted molar refractivity (Wildman–Crippen MR) is 75.5 cm³/mol. The van der Waals surface area contributed by atoms with Crippen LogP contribution in [0.1, 0.15) is 37.7 Å². The van der Waals surface area contributed by atoms with Gasteiger partial charge in [0.15, 0.2) is 0 Å². The highest BCUT2D eigenvalue weighted by atomic mass is 79.9. The molecule has 0 bridgehead atoms. The molecule has 2 nitrogen and oxygen atoms in total. The molecule has 0 spiro atoms. The maximum absolute atomic E-state index is 5.68. The zero-order valence-electron chi connectivity index (χ0n) is 10.2. The Bertz CT molecular complexity index is 348. The Hall–Kier alpha value is -0.380. The van der Waals surface area contributed by atoms with Crippen LogP contribution in [0.5, 0.6) is 0 Å². The molecule has 1 saturated carbocycles. The molecule has 17 heavy (non-hydrogen) atoms. The van der Waals surface area contributed by atoms with Crippen LogP contribution in [-0.2, 0) is 6.42 Å². The standard InChI is InChI=1S/C14H21BrN2/c15-14-8-4-3-7-12(14)10-13(17-16)9-11-5-1-2-6-11/h3-4,7-8,11,13,17H,1-2,5-6,9-10,16H2. The third-order valence-corrected chi connectivity index (χ3v) is 4.53. The Kier molecular flexibility index (Phi) is 5.01. The summed E-state index contributed by atoms with van der Waals surface area (Å²) in [5, 5.41) is 0. The van der Waals surface area contributed by atoms with Gasteiger partial charge in [-0.05, 0) is 30.4 Å². The lowest BCUT2D eigenvalue weighted by Crippen LogP contribution is -2.38. The largest absolute Gasteiger partial charge is 0.271 e. The van der Waals surface area contributed by atoms with Gasteiger partial charge in [-0.15, -0.1) is 0 Å². The van der Waals surface area contributed by atoms with Gasteiger partial charge in [0, 0.05) is 10.5 Å². The van der Waals surface area contributed by atoms with E-state index >= 15 is 0 Å². The van der Waals surface area contributed by atoms with E-state index in [4.69, 9.17) is 5.84 Å². The second-order valence-corrected chi connectivity index (χ2v) is 5.90. The van der Waals surface area contributed by atoms with E-state index in [1.54, 1.807) is 0 Å². The van der Waals surface area contributed by atoms with Crippen molar-refractivity contribution in [2.75, 3.05) is 0 Å². The van der Waals surface area contributed by atoms with Crippen molar-refractivity contribution in [1.29, 1.82) is 0 Å². The fourth-order valence-corrected chi connectivity index (χ4v) is 3.23. The lowest BCUT2D eigenvalue weighted by molar-refractivity contribution is 0.389. The van der Waals surface area contributed by atoms with Gasteiger partial charge in [0.25, 0.3) is 0 Å². The molecule has 1 unspecified atom stereocenters. The number of hydrogen-bond donors (Lipinski definition) is 2. The first-order valence-corrected chi connectivity index (χ1v) is 7.28. The third-order valence-electron chi connectivity index (χ3n) is 3.75. The van der Waals surface area contributed by atoms with Gasteiger partial charge in [-0.25, -0.2) is 0 Å². The molecule has 3 heteroatoms. The van der Waals surface area contributed by atoms with Crippen molar-refractivity contribution in [3.8, 4) is 0 Å². The topological polar surface area (TPSA) is 38.0 Å². The fourth-order valence-electron chi connectivity index (χ4n) is 2.79. The molecule has 0 saturated heterocycles. The van der Waals surface area contributed by atoms with Gasteiger partial charge in [-0.3, -0.25) is 11.3 Å². The number of nitrogens with two attached hydrogens (primary N) is 1. The van der Waals surface area contributed by atoms with Crippen LogP contribution in [0, 0.1) is 5.92 Å². The highest BCUT2D eigenvalue weighted by Gasteiger charge is 2.20. The number of nitrogens with one attached hydrogen (secondary N) is 1. The summed E-state index contributed by atoms with van der Waals surface area (Å²) in [6.07, 6.45) is 7.78. The molecule has 0 radical (unpaired) electrons. The molecule has 3 N–H and O–H groups in total. The van der Waals surface area contributed by atoms with Gasteiger partial charge in [0.1, 0.15) is 0 Å². The second kappa shape index (κ2) is 6.53. The monoisotopic (exact) mass is 296 g/mol. The van der Waals surface area contributed by atoms with Gasteiger partial charge in [-0.2, -0.15) is 0 Å². The highest BCUT2D eigenvalue weighted by Crippen LogP contribution is 2.29. The lowest BCUT2D eigenvalue weighted by Gasteiger charge is -2.20. The average molecular weight is 297 g/mol. The van der Waals surface area contributed by atoms with E-state index in [9.17, 15) is 0 Å². The summed E-state index contributed by atoms with van der Waals surface area (Å²) in [5.74, 6) is 6.56. The lowest BCUT2D eigenvalue weighted by atomic mass is 9.94. The molecule has 1 aromatic rings. The van der Waals surface area contributed by atoms with Crippen LogP contribution >= 0.6 is 15.9 Å². The SMILES string of the molecule is NNC(Cc1ccccc1Br)CC1CCCC1. The van der Waals surface area contributed by atoms with Gasteiger partial charge in [-0.1, -0.05) is 59.8 Å². The summed E-state index contributed by atoms with van der Waals surface area (Å²) in [6, 6.07) is 8.80. The maximum atomic E-state index is 5.68. The van der Waals surface area contributed by atoms with Crippen molar-refractivity contribution >= 4 is 15.9 Å². The fraction of sp³-hybridized carbons (Fsp3) is 0.571. The van der Waals surface area contributed by atoms with Crippen molar-refractivity contribution in [2.24, 2.45) is 11.8 Å². The summed E-state index contributed by atoms with van der Waals surface area (Å²) in [6.45, 7) is 0. The number of rotatable bonds is 5. The minimum Gasteiger partial charge on any atom is -0.271 e. The number of hydrogen-bond acceptors (Lipinski definition) is 2. The number of halogens is 1. The van der Waals surface area contributed by atoms with Crippen LogP contribution in [0.2, 0.25) is 0 Å². The van der Waals surface area contributed by atoms with Crippen LogP contribution in [0.3, 0.4) is 0 Å². The molecule has 1 aliphatic rings. The van der Waals surface area contributed by atoms with Crippen LogP contribution in [-0.4, -0.2) is 6.04 Å². The van der Waals surface area contributed by atoms with Crippen molar-refractivity contribution < 1.29 is 0 Å². The quantitative estimate of drug-likeness (QED) is 0.645.